The highest BCUT2D eigenvalue weighted by Crippen LogP contribution is 2.33. The van der Waals surface area contributed by atoms with E-state index in [2.05, 4.69) is 55.5 Å². The van der Waals surface area contributed by atoms with E-state index in [9.17, 15) is 0 Å². The zero-order valence-electron chi connectivity index (χ0n) is 14.8. The molecule has 0 unspecified atom stereocenters. The van der Waals surface area contributed by atoms with Gasteiger partial charge in [-0.15, -0.1) is 0 Å². The molecule has 0 aromatic heterocycles. The van der Waals surface area contributed by atoms with Crippen LogP contribution in [0.3, 0.4) is 0 Å². The molecule has 0 radical (unpaired) electrons. The van der Waals surface area contributed by atoms with Crippen LogP contribution in [0.5, 0.6) is 11.5 Å². The lowest BCUT2D eigenvalue weighted by Crippen LogP contribution is -1.93. The Morgan fingerprint density at radius 1 is 0.560 bits per heavy atom. The molecule has 25 heavy (non-hydrogen) atoms. The van der Waals surface area contributed by atoms with Crippen molar-refractivity contribution in [3.05, 3.63) is 95.6 Å². The van der Waals surface area contributed by atoms with Crippen LogP contribution in [0.1, 0.15) is 23.6 Å². The lowest BCUT2D eigenvalue weighted by Gasteiger charge is -2.15. The number of hydrogen-bond donors (Lipinski definition) is 0. The van der Waals surface area contributed by atoms with E-state index in [1.165, 1.54) is 27.8 Å². The average Bonchev–Trinajstić information content (AvgIpc) is 2.69. The summed E-state index contributed by atoms with van der Waals surface area (Å²) in [6.45, 7) is 2.16. The zero-order valence-corrected chi connectivity index (χ0v) is 14.8. The molecule has 0 N–H and O–H groups in total. The number of methoxy groups -OCH3 is 2. The predicted molar refractivity (Wildman–Crippen MR) is 104 cm³/mol. The first kappa shape index (κ1) is 16.8. The van der Waals surface area contributed by atoms with Gasteiger partial charge in [0.25, 0.3) is 0 Å². The predicted octanol–water partition coefficient (Wildman–Crippen LogP) is 5.68. The molecule has 0 atom stereocenters. The van der Waals surface area contributed by atoms with Gasteiger partial charge in [0.15, 0.2) is 0 Å². The van der Waals surface area contributed by atoms with Crippen molar-refractivity contribution in [2.75, 3.05) is 14.2 Å². The molecular weight excluding hydrogens is 308 g/mol. The second kappa shape index (κ2) is 7.71. The molecule has 0 spiro atoms. The van der Waals surface area contributed by atoms with E-state index in [4.69, 9.17) is 9.47 Å². The Hall–Kier alpha value is -3.00. The molecule has 2 heteroatoms. The van der Waals surface area contributed by atoms with Crippen molar-refractivity contribution < 1.29 is 9.47 Å². The van der Waals surface area contributed by atoms with Gasteiger partial charge in [-0.3, -0.25) is 0 Å². The molecule has 2 nitrogen and oxygen atoms in total. The summed E-state index contributed by atoms with van der Waals surface area (Å²) in [5, 5.41) is 0. The van der Waals surface area contributed by atoms with E-state index in [0.29, 0.717) is 0 Å². The summed E-state index contributed by atoms with van der Waals surface area (Å²) in [6, 6.07) is 26.9. The Kier molecular flexibility index (Phi) is 5.20. The van der Waals surface area contributed by atoms with E-state index in [1.807, 2.05) is 30.3 Å². The van der Waals surface area contributed by atoms with Gasteiger partial charge < -0.3 is 9.47 Å². The third kappa shape index (κ3) is 3.74. The second-order valence-corrected chi connectivity index (χ2v) is 5.82. The fourth-order valence-electron chi connectivity index (χ4n) is 2.95. The quantitative estimate of drug-likeness (QED) is 0.560. The Labute approximate surface area is 149 Å². The molecule has 0 heterocycles. The molecule has 0 amide bonds. The van der Waals surface area contributed by atoms with E-state index < -0.39 is 0 Å². The fraction of sp³-hybridized carbons (Fsp3) is 0.130. The van der Waals surface area contributed by atoms with Gasteiger partial charge in [-0.2, -0.15) is 0 Å². The van der Waals surface area contributed by atoms with Crippen molar-refractivity contribution in [1.82, 2.24) is 0 Å². The number of allylic oxidation sites excluding steroid dienone is 1. The van der Waals surface area contributed by atoms with E-state index in [0.717, 1.165) is 11.5 Å². The molecule has 0 saturated heterocycles. The summed E-state index contributed by atoms with van der Waals surface area (Å²) in [6.07, 6.45) is 0. The van der Waals surface area contributed by atoms with Crippen molar-refractivity contribution in [1.29, 1.82) is 0 Å². The highest BCUT2D eigenvalue weighted by molar-refractivity contribution is 5.97. The maximum absolute atomic E-state index is 5.30. The summed E-state index contributed by atoms with van der Waals surface area (Å²) in [5.74, 6) is 1.72. The molecule has 3 rings (SSSR count). The maximum atomic E-state index is 5.30. The molecule has 0 saturated carbocycles. The van der Waals surface area contributed by atoms with Crippen molar-refractivity contribution in [3.63, 3.8) is 0 Å². The van der Waals surface area contributed by atoms with Gasteiger partial charge in [0.2, 0.25) is 0 Å². The van der Waals surface area contributed by atoms with Crippen LogP contribution in [-0.4, -0.2) is 14.2 Å². The van der Waals surface area contributed by atoms with Crippen LogP contribution >= 0.6 is 0 Å². The first-order chi connectivity index (χ1) is 12.2. The Morgan fingerprint density at radius 2 is 1.00 bits per heavy atom. The number of rotatable bonds is 5. The van der Waals surface area contributed by atoms with Crippen molar-refractivity contribution in [2.24, 2.45) is 0 Å². The van der Waals surface area contributed by atoms with Crippen LogP contribution in [0.4, 0.5) is 0 Å². The smallest absolute Gasteiger partial charge is 0.118 e. The lowest BCUT2D eigenvalue weighted by molar-refractivity contribution is 0.414. The molecule has 3 aromatic carbocycles. The lowest BCUT2D eigenvalue weighted by atomic mass is 9.90. The van der Waals surface area contributed by atoms with Crippen LogP contribution in [0.15, 0.2) is 78.9 Å². The number of ether oxygens (including phenoxy) is 2. The molecule has 0 bridgehead atoms. The van der Waals surface area contributed by atoms with Crippen molar-refractivity contribution in [2.45, 2.75) is 6.92 Å². The fourth-order valence-corrected chi connectivity index (χ4v) is 2.95. The van der Waals surface area contributed by atoms with Crippen LogP contribution < -0.4 is 9.47 Å². The molecule has 0 aliphatic carbocycles. The first-order valence-corrected chi connectivity index (χ1v) is 8.28. The SMILES string of the molecule is COc1ccc(/C(C)=C(/c2ccccc2)c2ccc(OC)cc2)cc1. The van der Waals surface area contributed by atoms with E-state index in [-0.39, 0.29) is 0 Å². The van der Waals surface area contributed by atoms with Gasteiger partial charge in [0, 0.05) is 0 Å². The minimum atomic E-state index is 0.860. The highest BCUT2D eigenvalue weighted by Gasteiger charge is 2.11. The normalized spacial score (nSPS) is 11.6. The van der Waals surface area contributed by atoms with E-state index >= 15 is 0 Å². The second-order valence-electron chi connectivity index (χ2n) is 5.82. The zero-order chi connectivity index (χ0) is 17.6. The third-order valence-corrected chi connectivity index (χ3v) is 4.34. The van der Waals surface area contributed by atoms with Crippen LogP contribution in [0, 0.1) is 0 Å². The molecule has 0 fully saturated rings. The van der Waals surface area contributed by atoms with Gasteiger partial charge in [0.1, 0.15) is 11.5 Å². The third-order valence-electron chi connectivity index (χ3n) is 4.34. The van der Waals surface area contributed by atoms with Gasteiger partial charge in [-0.25, -0.2) is 0 Å². The van der Waals surface area contributed by atoms with Crippen molar-refractivity contribution >= 4 is 11.1 Å². The summed E-state index contributed by atoms with van der Waals surface area (Å²) in [5.41, 5.74) is 5.98. The Balaban J connectivity index is 2.14. The summed E-state index contributed by atoms with van der Waals surface area (Å²) in [4.78, 5) is 0. The summed E-state index contributed by atoms with van der Waals surface area (Å²) >= 11 is 0. The topological polar surface area (TPSA) is 18.5 Å². The van der Waals surface area contributed by atoms with Crippen LogP contribution in [0.25, 0.3) is 11.1 Å². The van der Waals surface area contributed by atoms with Gasteiger partial charge in [-0.05, 0) is 59.0 Å². The molecular formula is C23H22O2. The summed E-state index contributed by atoms with van der Waals surface area (Å²) < 4.78 is 10.6. The highest BCUT2D eigenvalue weighted by atomic mass is 16.5. The van der Waals surface area contributed by atoms with E-state index in [1.54, 1.807) is 14.2 Å². The molecule has 3 aromatic rings. The largest absolute Gasteiger partial charge is 0.497 e. The first-order valence-electron chi connectivity index (χ1n) is 8.28. The van der Waals surface area contributed by atoms with Gasteiger partial charge in [0.05, 0.1) is 14.2 Å². The van der Waals surface area contributed by atoms with Gasteiger partial charge in [-0.1, -0.05) is 54.6 Å². The average molecular weight is 330 g/mol. The minimum absolute atomic E-state index is 0.860. The number of benzene rings is 3. The molecule has 0 aliphatic heterocycles. The standard InChI is InChI=1S/C23H22O2/c1-17(18-9-13-21(24-2)14-10-18)23(19-7-5-4-6-8-19)20-11-15-22(25-3)16-12-20/h4-16H,1-3H3/b23-17-. The van der Waals surface area contributed by atoms with Gasteiger partial charge >= 0.3 is 0 Å². The van der Waals surface area contributed by atoms with Crippen LogP contribution in [0.2, 0.25) is 0 Å². The molecule has 126 valence electrons. The Bertz CT molecular complexity index is 845. The molecule has 0 aliphatic rings. The Morgan fingerprint density at radius 3 is 1.48 bits per heavy atom. The summed E-state index contributed by atoms with van der Waals surface area (Å²) in [7, 11) is 3.37. The van der Waals surface area contributed by atoms with Crippen LogP contribution in [-0.2, 0) is 0 Å². The van der Waals surface area contributed by atoms with Crippen molar-refractivity contribution in [3.8, 4) is 11.5 Å². The number of hydrogen-bond acceptors (Lipinski definition) is 2. The minimum Gasteiger partial charge on any atom is -0.497 e. The maximum Gasteiger partial charge on any atom is 0.118 e. The monoisotopic (exact) mass is 330 g/mol.